The van der Waals surface area contributed by atoms with E-state index in [0.29, 0.717) is 6.42 Å². The van der Waals surface area contributed by atoms with Crippen molar-refractivity contribution in [1.82, 2.24) is 20.2 Å². The number of aromatic nitrogens is 4. The van der Waals surface area contributed by atoms with Crippen LogP contribution in [-0.2, 0) is 4.79 Å². The summed E-state index contributed by atoms with van der Waals surface area (Å²) in [5, 5.41) is 19.6. The highest BCUT2D eigenvalue weighted by Gasteiger charge is 2.29. The van der Waals surface area contributed by atoms with Crippen molar-refractivity contribution in [2.45, 2.75) is 60.3 Å². The van der Waals surface area contributed by atoms with Crippen molar-refractivity contribution in [1.29, 1.82) is 0 Å². The molecule has 8 nitrogen and oxygen atoms in total. The molecule has 0 aliphatic heterocycles. The number of rotatable bonds is 8. The van der Waals surface area contributed by atoms with Gasteiger partial charge in [0, 0.05) is 6.42 Å². The Morgan fingerprint density at radius 2 is 1.84 bits per heavy atom. The van der Waals surface area contributed by atoms with Gasteiger partial charge in [0.05, 0.1) is 5.92 Å². The minimum Gasteiger partial charge on any atom is -0.481 e. The molecule has 1 aromatic rings. The number of nitrogens with two attached hydrogens (primary N) is 1. The van der Waals surface area contributed by atoms with E-state index in [1.807, 2.05) is 0 Å². The summed E-state index contributed by atoms with van der Waals surface area (Å²) in [6, 6.07) is 0. The van der Waals surface area contributed by atoms with Crippen LogP contribution in [0.4, 0.5) is 5.95 Å². The molecule has 8 heteroatoms. The maximum atomic E-state index is 12.1. The van der Waals surface area contributed by atoms with Crippen LogP contribution in [0, 0.1) is 16.7 Å². The van der Waals surface area contributed by atoms with Crippen LogP contribution in [0.3, 0.4) is 0 Å². The third kappa shape index (κ3) is 7.03. The lowest BCUT2D eigenvalue weighted by Gasteiger charge is -2.33. The number of nitrogens with zero attached hydrogens (tertiary/aromatic N) is 4. The third-order valence-electron chi connectivity index (χ3n) is 3.77. The molecule has 3 N–H and O–H groups in total. The van der Waals surface area contributed by atoms with Gasteiger partial charge in [-0.25, -0.2) is 0 Å². The van der Waals surface area contributed by atoms with Crippen molar-refractivity contribution in [3.63, 3.8) is 0 Å². The molecule has 0 aliphatic carbocycles. The molecule has 1 rings (SSSR count). The fourth-order valence-electron chi connectivity index (χ4n) is 3.51. The summed E-state index contributed by atoms with van der Waals surface area (Å²) >= 11 is 0. The summed E-state index contributed by atoms with van der Waals surface area (Å²) < 4.78 is 0.822. The van der Waals surface area contributed by atoms with E-state index in [1.54, 1.807) is 0 Å². The van der Waals surface area contributed by atoms with E-state index >= 15 is 0 Å². The summed E-state index contributed by atoms with van der Waals surface area (Å²) in [5.74, 6) is -2.63. The highest BCUT2D eigenvalue weighted by atomic mass is 16.4. The van der Waals surface area contributed by atoms with Crippen molar-refractivity contribution in [2.24, 2.45) is 16.7 Å². The van der Waals surface area contributed by atoms with Gasteiger partial charge in [-0.05, 0) is 40.5 Å². The van der Waals surface area contributed by atoms with Gasteiger partial charge in [-0.3, -0.25) is 9.59 Å². The van der Waals surface area contributed by atoms with E-state index in [1.165, 1.54) is 0 Å². The number of carbonyl (C=O) groups is 2. The van der Waals surface area contributed by atoms with Gasteiger partial charge in [0.2, 0.25) is 5.95 Å². The molecule has 0 bridgehead atoms. The first-order valence-electron chi connectivity index (χ1n) is 8.27. The number of carboxylic acid groups (broad SMARTS) is 1. The molecule has 0 radical (unpaired) electrons. The second-order valence-corrected chi connectivity index (χ2v) is 8.61. The zero-order chi connectivity index (χ0) is 19.4. The molecule has 25 heavy (non-hydrogen) atoms. The lowest BCUT2D eigenvalue weighted by Crippen LogP contribution is -2.25. The third-order valence-corrected chi connectivity index (χ3v) is 3.77. The molecule has 1 heterocycles. The predicted molar refractivity (Wildman–Crippen MR) is 94.8 cm³/mol. The molecule has 0 spiro atoms. The molecule has 140 valence electrons. The fraction of sp³-hybridized carbons (Fsp3) is 0.706. The molecule has 0 aromatic carbocycles. The van der Waals surface area contributed by atoms with Crippen LogP contribution < -0.4 is 5.73 Å². The van der Waals surface area contributed by atoms with Gasteiger partial charge >= 0.3 is 5.97 Å². The highest BCUT2D eigenvalue weighted by molar-refractivity contribution is 5.84. The minimum atomic E-state index is -1.05. The van der Waals surface area contributed by atoms with E-state index in [-0.39, 0.29) is 29.6 Å². The van der Waals surface area contributed by atoms with Gasteiger partial charge in [0.25, 0.3) is 5.91 Å². The maximum Gasteiger partial charge on any atom is 0.307 e. The summed E-state index contributed by atoms with van der Waals surface area (Å²) in [6.07, 6.45) is 1.69. The van der Waals surface area contributed by atoms with Crippen LogP contribution >= 0.6 is 0 Å². The zero-order valence-corrected chi connectivity index (χ0v) is 15.7. The predicted octanol–water partition coefficient (Wildman–Crippen LogP) is 2.79. The maximum absolute atomic E-state index is 12.1. The average Bonchev–Trinajstić information content (AvgIpc) is 2.80. The molecule has 0 saturated carbocycles. The Kier molecular flexibility index (Phi) is 6.45. The van der Waals surface area contributed by atoms with Gasteiger partial charge in [-0.15, -0.1) is 4.68 Å². The average molecular weight is 351 g/mol. The molecule has 1 unspecified atom stereocenters. The van der Waals surface area contributed by atoms with Gasteiger partial charge < -0.3 is 10.8 Å². The van der Waals surface area contributed by atoms with E-state index in [9.17, 15) is 14.7 Å². The molecule has 1 atom stereocenters. The number of tetrazole rings is 1. The number of anilines is 1. The van der Waals surface area contributed by atoms with Crippen molar-refractivity contribution in [3.8, 4) is 0 Å². The monoisotopic (exact) mass is 351 g/mol. The number of aliphatic carboxylic acids is 1. The van der Waals surface area contributed by atoms with E-state index in [4.69, 9.17) is 5.73 Å². The number of nitrogen functional groups attached to an aromatic ring is 1. The molecular formula is C17H29N5O3. The van der Waals surface area contributed by atoms with Gasteiger partial charge in [0.15, 0.2) is 0 Å². The van der Waals surface area contributed by atoms with Crippen LogP contribution in [0.15, 0.2) is 12.2 Å². The molecule has 0 amide bonds. The van der Waals surface area contributed by atoms with Crippen molar-refractivity contribution < 1.29 is 14.7 Å². The van der Waals surface area contributed by atoms with Gasteiger partial charge in [-0.1, -0.05) is 51.9 Å². The lowest BCUT2D eigenvalue weighted by atomic mass is 9.72. The Morgan fingerprint density at radius 3 is 2.28 bits per heavy atom. The lowest BCUT2D eigenvalue weighted by molar-refractivity contribution is -0.141. The van der Waals surface area contributed by atoms with Crippen LogP contribution in [-0.4, -0.2) is 37.2 Å². The number of carboxylic acids is 1. The second-order valence-electron chi connectivity index (χ2n) is 8.61. The first kappa shape index (κ1) is 20.8. The van der Waals surface area contributed by atoms with Crippen LogP contribution in [0.25, 0.3) is 0 Å². The van der Waals surface area contributed by atoms with E-state index < -0.39 is 17.8 Å². The smallest absolute Gasteiger partial charge is 0.307 e. The minimum absolute atomic E-state index is 0.00263. The summed E-state index contributed by atoms with van der Waals surface area (Å²) in [5.41, 5.74) is 6.47. The van der Waals surface area contributed by atoms with Crippen LogP contribution in [0.5, 0.6) is 0 Å². The number of hydrogen-bond donors (Lipinski definition) is 2. The molecule has 1 aromatic heterocycles. The highest BCUT2D eigenvalue weighted by Crippen LogP contribution is 2.38. The topological polar surface area (TPSA) is 124 Å². The fourth-order valence-corrected chi connectivity index (χ4v) is 3.51. The normalized spacial score (nSPS) is 13.5. The van der Waals surface area contributed by atoms with Crippen LogP contribution in [0.2, 0.25) is 0 Å². The molecule has 0 aliphatic rings. The van der Waals surface area contributed by atoms with Crippen molar-refractivity contribution in [3.05, 3.63) is 12.2 Å². The zero-order valence-electron chi connectivity index (χ0n) is 15.7. The molecular weight excluding hydrogens is 322 g/mol. The molecule has 0 fully saturated rings. The Labute approximate surface area is 148 Å². The summed E-state index contributed by atoms with van der Waals surface area (Å²) in [6.45, 7) is 14.8. The second kappa shape index (κ2) is 7.76. The summed E-state index contributed by atoms with van der Waals surface area (Å²) in [7, 11) is 0. The SMILES string of the molecule is C=C(CC(CC(=O)n1nnnc1N)C(=O)O)CC(C)(C)CC(C)(C)C. The Morgan fingerprint density at radius 1 is 1.24 bits per heavy atom. The Hall–Kier alpha value is -2.25. The van der Waals surface area contributed by atoms with Gasteiger partial charge in [-0.2, -0.15) is 0 Å². The Balaban J connectivity index is 2.72. The van der Waals surface area contributed by atoms with E-state index in [2.05, 4.69) is 56.7 Å². The van der Waals surface area contributed by atoms with Gasteiger partial charge in [0.1, 0.15) is 0 Å². The van der Waals surface area contributed by atoms with E-state index in [0.717, 1.165) is 16.7 Å². The van der Waals surface area contributed by atoms with Crippen molar-refractivity contribution >= 4 is 17.8 Å². The van der Waals surface area contributed by atoms with Crippen LogP contribution in [0.1, 0.15) is 65.1 Å². The largest absolute Gasteiger partial charge is 0.481 e. The number of allylic oxidation sites excluding steroid dienone is 1. The first-order valence-corrected chi connectivity index (χ1v) is 8.27. The van der Waals surface area contributed by atoms with Crippen molar-refractivity contribution in [2.75, 3.05) is 5.73 Å². The quantitative estimate of drug-likeness (QED) is 0.545. The summed E-state index contributed by atoms with van der Waals surface area (Å²) in [4.78, 5) is 23.7. The standard InChI is InChI=1S/C17H29N5O3/c1-11(9-17(5,6)10-16(2,3)4)7-12(14(24)25)8-13(23)22-15(18)19-20-21-22/h12H,1,7-10H2,2-6H3,(H,24,25)(H2,18,19,21). The number of hydrogen-bond acceptors (Lipinski definition) is 6. The number of carbonyl (C=O) groups excluding carboxylic acids is 1. The first-order chi connectivity index (χ1) is 11.3. The molecule has 0 saturated heterocycles. The Bertz CT molecular complexity index is 643.